The van der Waals surface area contributed by atoms with Crippen molar-refractivity contribution in [3.8, 4) is 0 Å². The first-order valence-electron chi connectivity index (χ1n) is 4.84. The van der Waals surface area contributed by atoms with Crippen LogP contribution in [0.1, 0.15) is 12.2 Å². The van der Waals surface area contributed by atoms with Crippen molar-refractivity contribution < 1.29 is 12.8 Å². The molecule has 0 aliphatic carbocycles. The van der Waals surface area contributed by atoms with Crippen LogP contribution in [0.15, 0.2) is 19.6 Å². The number of hydrogen-bond acceptors (Lipinski definition) is 4. The highest BCUT2D eigenvalue weighted by Gasteiger charge is 2.27. The lowest BCUT2D eigenvalue weighted by molar-refractivity contribution is 0.443. The smallest absolute Gasteiger partial charge is 0.183 e. The second-order valence-corrected chi connectivity index (χ2v) is 7.62. The minimum absolute atomic E-state index is 0.0488. The predicted octanol–water partition coefficient (Wildman–Crippen LogP) is 2.08. The van der Waals surface area contributed by atoms with Crippen LogP contribution in [-0.4, -0.2) is 26.0 Å². The average molecular weight is 373 g/mol. The first-order valence-corrected chi connectivity index (χ1v) is 8.24. The molecular formula is C9H11Br2NO3S. The summed E-state index contributed by atoms with van der Waals surface area (Å²) in [4.78, 5) is 0. The third kappa shape index (κ3) is 3.09. The Morgan fingerprint density at radius 3 is 2.75 bits per heavy atom. The topological polar surface area (TPSA) is 59.3 Å². The molecule has 0 radical (unpaired) electrons. The molecule has 1 unspecified atom stereocenters. The van der Waals surface area contributed by atoms with Crippen molar-refractivity contribution in [1.29, 1.82) is 0 Å². The maximum atomic E-state index is 11.2. The second kappa shape index (κ2) is 4.80. The van der Waals surface area contributed by atoms with Crippen molar-refractivity contribution >= 4 is 41.7 Å². The highest BCUT2D eigenvalue weighted by molar-refractivity contribution is 9.13. The van der Waals surface area contributed by atoms with E-state index in [1.807, 2.05) is 6.07 Å². The fraction of sp³-hybridized carbons (Fsp3) is 0.556. The van der Waals surface area contributed by atoms with E-state index in [4.69, 9.17) is 4.42 Å². The minimum atomic E-state index is -2.81. The number of hydrogen-bond donors (Lipinski definition) is 1. The lowest BCUT2D eigenvalue weighted by Gasteiger charge is -2.08. The molecule has 4 nitrogen and oxygen atoms in total. The van der Waals surface area contributed by atoms with E-state index in [-0.39, 0.29) is 17.5 Å². The molecule has 0 saturated carbocycles. The van der Waals surface area contributed by atoms with Crippen LogP contribution in [0.2, 0.25) is 0 Å². The molecule has 0 spiro atoms. The van der Waals surface area contributed by atoms with Crippen molar-refractivity contribution in [2.75, 3.05) is 11.5 Å². The molecule has 7 heteroatoms. The van der Waals surface area contributed by atoms with Gasteiger partial charge < -0.3 is 9.73 Å². The summed E-state index contributed by atoms with van der Waals surface area (Å²) in [5.74, 6) is 1.30. The van der Waals surface area contributed by atoms with Gasteiger partial charge in [0.25, 0.3) is 0 Å². The third-order valence-corrected chi connectivity index (χ3v) is 5.97. The van der Waals surface area contributed by atoms with Crippen molar-refractivity contribution in [1.82, 2.24) is 5.32 Å². The van der Waals surface area contributed by atoms with Crippen LogP contribution in [0.3, 0.4) is 0 Å². The van der Waals surface area contributed by atoms with Crippen molar-refractivity contribution in [3.05, 3.63) is 21.0 Å². The Kier molecular flexibility index (Phi) is 3.78. The molecule has 0 amide bonds. The normalized spacial score (nSPS) is 23.8. The molecule has 1 atom stereocenters. The molecule has 1 saturated heterocycles. The fourth-order valence-corrected chi connectivity index (χ4v) is 4.05. The van der Waals surface area contributed by atoms with Gasteiger partial charge in [-0.05, 0) is 44.3 Å². The molecule has 1 aliphatic rings. The van der Waals surface area contributed by atoms with Gasteiger partial charge in [0.1, 0.15) is 5.76 Å². The third-order valence-electron chi connectivity index (χ3n) is 2.49. The van der Waals surface area contributed by atoms with Gasteiger partial charge in [-0.2, -0.15) is 0 Å². The predicted molar refractivity (Wildman–Crippen MR) is 68.0 cm³/mol. The lowest BCUT2D eigenvalue weighted by Crippen LogP contribution is -2.29. The Balaban J connectivity index is 1.89. The summed E-state index contributed by atoms with van der Waals surface area (Å²) in [5.41, 5.74) is 0. The number of sulfone groups is 1. The Bertz CT molecular complexity index is 463. The van der Waals surface area contributed by atoms with Crippen LogP contribution in [0, 0.1) is 0 Å². The highest BCUT2D eigenvalue weighted by atomic mass is 79.9. The summed E-state index contributed by atoms with van der Waals surface area (Å²) in [6, 6.07) is 1.91. The SMILES string of the molecule is O=S1(=O)CCC(NCc2cc(Br)c(Br)o2)C1. The van der Waals surface area contributed by atoms with Gasteiger partial charge >= 0.3 is 0 Å². The quantitative estimate of drug-likeness (QED) is 0.882. The van der Waals surface area contributed by atoms with Gasteiger partial charge in [-0.1, -0.05) is 0 Å². The number of halogens is 2. The van der Waals surface area contributed by atoms with Gasteiger partial charge in [-0.3, -0.25) is 0 Å². The van der Waals surface area contributed by atoms with Crippen molar-refractivity contribution in [3.63, 3.8) is 0 Å². The Morgan fingerprint density at radius 1 is 1.50 bits per heavy atom. The molecule has 1 aliphatic heterocycles. The Hall–Kier alpha value is 0.150. The van der Waals surface area contributed by atoms with E-state index in [9.17, 15) is 8.42 Å². The summed E-state index contributed by atoms with van der Waals surface area (Å²) < 4.78 is 29.4. The molecule has 0 bridgehead atoms. The zero-order valence-electron chi connectivity index (χ0n) is 8.37. The van der Waals surface area contributed by atoms with Crippen LogP contribution in [-0.2, 0) is 16.4 Å². The Labute approximate surface area is 111 Å². The number of nitrogens with one attached hydrogen (secondary N) is 1. The van der Waals surface area contributed by atoms with Crippen LogP contribution in [0.4, 0.5) is 0 Å². The van der Waals surface area contributed by atoms with E-state index in [0.717, 1.165) is 10.2 Å². The summed E-state index contributed by atoms with van der Waals surface area (Å²) in [7, 11) is -2.81. The second-order valence-electron chi connectivity index (χ2n) is 3.82. The van der Waals surface area contributed by atoms with E-state index < -0.39 is 9.84 Å². The average Bonchev–Trinajstić information content (AvgIpc) is 2.68. The van der Waals surface area contributed by atoms with Crippen LogP contribution < -0.4 is 5.32 Å². The number of furan rings is 1. The summed E-state index contributed by atoms with van der Waals surface area (Å²) in [6.07, 6.45) is 0.686. The van der Waals surface area contributed by atoms with Gasteiger partial charge in [0.2, 0.25) is 0 Å². The molecule has 90 valence electrons. The standard InChI is InChI=1S/C9H11Br2NO3S/c10-8-3-7(15-9(8)11)4-12-6-1-2-16(13,14)5-6/h3,6,12H,1-2,4-5H2. The lowest BCUT2D eigenvalue weighted by atomic mass is 10.2. The first kappa shape index (κ1) is 12.6. The van der Waals surface area contributed by atoms with Gasteiger partial charge in [0.15, 0.2) is 14.5 Å². The van der Waals surface area contributed by atoms with Crippen LogP contribution in [0.25, 0.3) is 0 Å². The molecule has 16 heavy (non-hydrogen) atoms. The van der Waals surface area contributed by atoms with E-state index in [0.29, 0.717) is 17.6 Å². The van der Waals surface area contributed by atoms with Crippen LogP contribution in [0.5, 0.6) is 0 Å². The van der Waals surface area contributed by atoms with Gasteiger partial charge in [-0.15, -0.1) is 0 Å². The zero-order chi connectivity index (χ0) is 11.8. The largest absolute Gasteiger partial charge is 0.452 e. The Morgan fingerprint density at radius 2 is 2.25 bits per heavy atom. The molecule has 1 aromatic rings. The minimum Gasteiger partial charge on any atom is -0.452 e. The fourth-order valence-electron chi connectivity index (χ4n) is 1.68. The van der Waals surface area contributed by atoms with E-state index in [1.54, 1.807) is 0 Å². The van der Waals surface area contributed by atoms with E-state index >= 15 is 0 Å². The van der Waals surface area contributed by atoms with Gasteiger partial charge in [0, 0.05) is 6.04 Å². The molecular weight excluding hydrogens is 362 g/mol. The summed E-state index contributed by atoms with van der Waals surface area (Å²) in [5, 5.41) is 3.18. The van der Waals surface area contributed by atoms with Crippen LogP contribution >= 0.6 is 31.9 Å². The molecule has 2 heterocycles. The monoisotopic (exact) mass is 371 g/mol. The van der Waals surface area contributed by atoms with Gasteiger partial charge in [0.05, 0.1) is 22.5 Å². The maximum Gasteiger partial charge on any atom is 0.183 e. The molecule has 1 N–H and O–H groups in total. The van der Waals surface area contributed by atoms with Gasteiger partial charge in [-0.25, -0.2) is 8.42 Å². The molecule has 2 rings (SSSR count). The molecule has 1 fully saturated rings. The zero-order valence-corrected chi connectivity index (χ0v) is 12.4. The van der Waals surface area contributed by atoms with E-state index in [2.05, 4.69) is 37.2 Å². The molecule has 0 aromatic carbocycles. The first-order chi connectivity index (χ1) is 7.46. The van der Waals surface area contributed by atoms with Crippen molar-refractivity contribution in [2.24, 2.45) is 0 Å². The summed E-state index contributed by atoms with van der Waals surface area (Å²) in [6.45, 7) is 0.546. The number of rotatable bonds is 3. The maximum absolute atomic E-state index is 11.2. The molecule has 1 aromatic heterocycles. The van der Waals surface area contributed by atoms with Crippen molar-refractivity contribution in [2.45, 2.75) is 19.0 Å². The van der Waals surface area contributed by atoms with E-state index in [1.165, 1.54) is 0 Å². The summed E-state index contributed by atoms with van der Waals surface area (Å²) >= 11 is 6.57. The highest BCUT2D eigenvalue weighted by Crippen LogP contribution is 2.26.